The minimum Gasteiger partial charge on any atom is -0.348 e. The molecule has 0 fully saturated rings. The zero-order valence-corrected chi connectivity index (χ0v) is 14.5. The van der Waals surface area contributed by atoms with Crippen molar-refractivity contribution in [3.8, 4) is 5.82 Å². The Hall–Kier alpha value is -3.13. The summed E-state index contributed by atoms with van der Waals surface area (Å²) in [6.07, 6.45) is 6.86. The second kappa shape index (κ2) is 7.01. The van der Waals surface area contributed by atoms with Gasteiger partial charge in [0.15, 0.2) is 0 Å². The van der Waals surface area contributed by atoms with Crippen molar-refractivity contribution in [3.05, 3.63) is 66.4 Å². The molecule has 2 N–H and O–H groups in total. The number of aromatic nitrogens is 3. The van der Waals surface area contributed by atoms with Crippen molar-refractivity contribution >= 4 is 29.3 Å². The van der Waals surface area contributed by atoms with E-state index in [2.05, 4.69) is 20.6 Å². The summed E-state index contributed by atoms with van der Waals surface area (Å²) >= 11 is 1.47. The van der Waals surface area contributed by atoms with Crippen LogP contribution in [-0.4, -0.2) is 32.1 Å². The first-order chi connectivity index (χ1) is 12.7. The number of rotatable bonds is 4. The molecule has 0 unspecified atom stereocenters. The zero-order chi connectivity index (χ0) is 17.9. The zero-order valence-electron chi connectivity index (χ0n) is 13.7. The molecule has 0 atom stereocenters. The SMILES string of the molecule is O=C1CSc2ccc(C(=O)NCc3ccnc(-n4ccnc4)c3)cc2N1. The third-order valence-electron chi connectivity index (χ3n) is 3.91. The molecule has 8 heteroatoms. The van der Waals surface area contributed by atoms with Crippen molar-refractivity contribution in [2.75, 3.05) is 11.1 Å². The molecule has 130 valence electrons. The third-order valence-corrected chi connectivity index (χ3v) is 4.98. The molecular weight excluding hydrogens is 350 g/mol. The Morgan fingerprint density at radius 2 is 2.19 bits per heavy atom. The molecule has 0 bridgehead atoms. The number of thioether (sulfide) groups is 1. The summed E-state index contributed by atoms with van der Waals surface area (Å²) in [5.41, 5.74) is 2.12. The van der Waals surface area contributed by atoms with Gasteiger partial charge in [-0.2, -0.15) is 0 Å². The van der Waals surface area contributed by atoms with E-state index in [0.29, 0.717) is 23.5 Å². The number of carbonyl (C=O) groups excluding carboxylic acids is 2. The van der Waals surface area contributed by atoms with E-state index in [9.17, 15) is 9.59 Å². The fourth-order valence-electron chi connectivity index (χ4n) is 2.62. The summed E-state index contributed by atoms with van der Waals surface area (Å²) < 4.78 is 1.80. The van der Waals surface area contributed by atoms with E-state index in [1.165, 1.54) is 11.8 Å². The Labute approximate surface area is 153 Å². The maximum Gasteiger partial charge on any atom is 0.251 e. The topological polar surface area (TPSA) is 88.9 Å². The molecule has 3 heterocycles. The lowest BCUT2D eigenvalue weighted by Crippen LogP contribution is -2.24. The molecule has 3 aromatic rings. The maximum atomic E-state index is 12.4. The highest BCUT2D eigenvalue weighted by Crippen LogP contribution is 2.31. The van der Waals surface area contributed by atoms with Crippen molar-refractivity contribution < 1.29 is 9.59 Å². The van der Waals surface area contributed by atoms with Crippen LogP contribution in [0.4, 0.5) is 5.69 Å². The normalized spacial score (nSPS) is 13.0. The van der Waals surface area contributed by atoms with E-state index >= 15 is 0 Å². The van der Waals surface area contributed by atoms with Gasteiger partial charge in [-0.3, -0.25) is 14.2 Å². The van der Waals surface area contributed by atoms with Crippen LogP contribution in [-0.2, 0) is 11.3 Å². The molecule has 1 aliphatic rings. The average molecular weight is 365 g/mol. The number of amides is 2. The molecule has 7 nitrogen and oxygen atoms in total. The summed E-state index contributed by atoms with van der Waals surface area (Å²) in [4.78, 5) is 33.2. The second-order valence-electron chi connectivity index (χ2n) is 5.72. The highest BCUT2D eigenvalue weighted by Gasteiger charge is 2.17. The van der Waals surface area contributed by atoms with Crippen LogP contribution in [0.3, 0.4) is 0 Å². The lowest BCUT2D eigenvalue weighted by atomic mass is 10.1. The van der Waals surface area contributed by atoms with Gasteiger partial charge < -0.3 is 10.6 Å². The van der Waals surface area contributed by atoms with E-state index in [1.54, 1.807) is 35.4 Å². The summed E-state index contributed by atoms with van der Waals surface area (Å²) in [5.74, 6) is 0.894. The molecule has 0 saturated carbocycles. The van der Waals surface area contributed by atoms with Crippen LogP contribution in [0.2, 0.25) is 0 Å². The van der Waals surface area contributed by atoms with Crippen LogP contribution in [0.25, 0.3) is 5.82 Å². The largest absolute Gasteiger partial charge is 0.348 e. The van der Waals surface area contributed by atoms with Gasteiger partial charge in [-0.25, -0.2) is 9.97 Å². The Kier molecular flexibility index (Phi) is 4.40. The number of benzene rings is 1. The van der Waals surface area contributed by atoms with Crippen molar-refractivity contribution in [2.24, 2.45) is 0 Å². The fourth-order valence-corrected chi connectivity index (χ4v) is 3.40. The monoisotopic (exact) mass is 365 g/mol. The number of carbonyl (C=O) groups is 2. The lowest BCUT2D eigenvalue weighted by Gasteiger charge is -2.17. The molecule has 2 aromatic heterocycles. The number of nitrogens with zero attached hydrogens (tertiary/aromatic N) is 3. The van der Waals surface area contributed by atoms with Gasteiger partial charge in [0.05, 0.1) is 11.4 Å². The van der Waals surface area contributed by atoms with Gasteiger partial charge >= 0.3 is 0 Å². The summed E-state index contributed by atoms with van der Waals surface area (Å²) in [7, 11) is 0. The lowest BCUT2D eigenvalue weighted by molar-refractivity contribution is -0.113. The van der Waals surface area contributed by atoms with E-state index in [-0.39, 0.29) is 11.8 Å². The highest BCUT2D eigenvalue weighted by atomic mass is 32.2. The molecular formula is C18H15N5O2S. The van der Waals surface area contributed by atoms with E-state index < -0.39 is 0 Å². The van der Waals surface area contributed by atoms with Crippen LogP contribution in [0, 0.1) is 0 Å². The molecule has 0 spiro atoms. The van der Waals surface area contributed by atoms with Crippen LogP contribution in [0.15, 0.2) is 60.1 Å². The number of anilines is 1. The molecule has 0 aliphatic carbocycles. The number of fused-ring (bicyclic) bond motifs is 1. The number of hydrogen-bond acceptors (Lipinski definition) is 5. The second-order valence-corrected chi connectivity index (χ2v) is 6.74. The molecule has 1 aromatic carbocycles. The number of nitrogens with one attached hydrogen (secondary N) is 2. The van der Waals surface area contributed by atoms with E-state index in [4.69, 9.17) is 0 Å². The van der Waals surface area contributed by atoms with Crippen LogP contribution in [0.5, 0.6) is 0 Å². The third kappa shape index (κ3) is 3.45. The van der Waals surface area contributed by atoms with Crippen LogP contribution >= 0.6 is 11.8 Å². The van der Waals surface area contributed by atoms with Gasteiger partial charge in [-0.1, -0.05) is 0 Å². The molecule has 4 rings (SSSR count). The molecule has 1 aliphatic heterocycles. The summed E-state index contributed by atoms with van der Waals surface area (Å²) in [5, 5.41) is 5.69. The first-order valence-corrected chi connectivity index (χ1v) is 8.96. The molecule has 2 amide bonds. The van der Waals surface area contributed by atoms with Gasteiger partial charge in [0.25, 0.3) is 5.91 Å². The van der Waals surface area contributed by atoms with Crippen molar-refractivity contribution in [1.29, 1.82) is 0 Å². The summed E-state index contributed by atoms with van der Waals surface area (Å²) in [6.45, 7) is 0.376. The standard InChI is InChI=1S/C18H15N5O2S/c24-17-10-26-15-2-1-13(8-14(15)22-17)18(25)21-9-12-3-4-20-16(7-12)23-6-5-19-11-23/h1-8,11H,9-10H2,(H,21,25)(H,22,24). The fraction of sp³-hybridized carbons (Fsp3) is 0.111. The Morgan fingerprint density at radius 3 is 3.04 bits per heavy atom. The quantitative estimate of drug-likeness (QED) is 0.740. The minimum atomic E-state index is -0.196. The highest BCUT2D eigenvalue weighted by molar-refractivity contribution is 8.00. The minimum absolute atomic E-state index is 0.0520. The van der Waals surface area contributed by atoms with Crippen LogP contribution < -0.4 is 10.6 Å². The van der Waals surface area contributed by atoms with Gasteiger partial charge in [0, 0.05) is 35.6 Å². The van der Waals surface area contributed by atoms with Crippen LogP contribution in [0.1, 0.15) is 15.9 Å². The van der Waals surface area contributed by atoms with Crippen molar-refractivity contribution in [2.45, 2.75) is 11.4 Å². The Balaban J connectivity index is 1.45. The van der Waals surface area contributed by atoms with E-state index in [1.807, 2.05) is 24.4 Å². The van der Waals surface area contributed by atoms with E-state index in [0.717, 1.165) is 16.3 Å². The number of hydrogen-bond donors (Lipinski definition) is 2. The molecule has 0 saturated heterocycles. The number of pyridine rings is 1. The molecule has 0 radical (unpaired) electrons. The van der Waals surface area contributed by atoms with Crippen molar-refractivity contribution in [3.63, 3.8) is 0 Å². The first kappa shape index (κ1) is 16.3. The van der Waals surface area contributed by atoms with Gasteiger partial charge in [0.2, 0.25) is 5.91 Å². The Bertz CT molecular complexity index is 971. The predicted molar refractivity (Wildman–Crippen MR) is 98.3 cm³/mol. The molecule has 26 heavy (non-hydrogen) atoms. The van der Waals surface area contributed by atoms with Crippen molar-refractivity contribution in [1.82, 2.24) is 19.9 Å². The maximum absolute atomic E-state index is 12.4. The first-order valence-electron chi connectivity index (χ1n) is 7.97. The van der Waals surface area contributed by atoms with Gasteiger partial charge in [-0.05, 0) is 35.9 Å². The summed E-state index contributed by atoms with van der Waals surface area (Å²) in [6, 6.07) is 9.08. The van der Waals surface area contributed by atoms with Gasteiger partial charge in [0.1, 0.15) is 12.1 Å². The predicted octanol–water partition coefficient (Wildman–Crippen LogP) is 2.24. The average Bonchev–Trinajstić information content (AvgIpc) is 3.20. The number of imidazole rings is 1. The Morgan fingerprint density at radius 1 is 1.27 bits per heavy atom. The smallest absolute Gasteiger partial charge is 0.251 e. The van der Waals surface area contributed by atoms with Gasteiger partial charge in [-0.15, -0.1) is 11.8 Å².